The molecule has 1 amide bonds. The van der Waals surface area contributed by atoms with Crippen LogP contribution in [0.15, 0.2) is 46.2 Å². The van der Waals surface area contributed by atoms with E-state index in [1.807, 2.05) is 24.6 Å². The zero-order chi connectivity index (χ0) is 26.4. The maximum atomic E-state index is 13.1. The molecular weight excluding hydrogens is 496 g/mol. The van der Waals surface area contributed by atoms with E-state index in [2.05, 4.69) is 10.3 Å². The third-order valence-electron chi connectivity index (χ3n) is 7.89. The number of aromatic amines is 1. The number of piperidine rings is 1. The van der Waals surface area contributed by atoms with Gasteiger partial charge >= 0.3 is 6.09 Å². The van der Waals surface area contributed by atoms with E-state index in [0.717, 1.165) is 19.3 Å². The topological polar surface area (TPSA) is 141 Å². The lowest BCUT2D eigenvalue weighted by Gasteiger charge is -2.41. The fraction of sp³-hybridized carbons (Fsp3) is 0.480. The molecule has 0 saturated carbocycles. The van der Waals surface area contributed by atoms with Crippen molar-refractivity contribution in [1.29, 1.82) is 0 Å². The Hall–Kier alpha value is -3.38. The Morgan fingerprint density at radius 2 is 1.89 bits per heavy atom. The maximum absolute atomic E-state index is 13.1. The fourth-order valence-corrected chi connectivity index (χ4v) is 7.30. The van der Waals surface area contributed by atoms with E-state index in [0.29, 0.717) is 54.9 Å². The number of amides is 1. The van der Waals surface area contributed by atoms with Gasteiger partial charge in [0.1, 0.15) is 5.39 Å². The molecule has 2 saturated heterocycles. The number of nitrogens with zero attached hydrogens (tertiary/aromatic N) is 4. The summed E-state index contributed by atoms with van der Waals surface area (Å²) in [6, 6.07) is 8.29. The molecule has 37 heavy (non-hydrogen) atoms. The molecule has 11 nitrogen and oxygen atoms in total. The number of carboxylic acid groups (broad SMARTS) is 1. The highest BCUT2D eigenvalue weighted by atomic mass is 32.2. The summed E-state index contributed by atoms with van der Waals surface area (Å²) in [4.78, 5) is 28.7. The van der Waals surface area contributed by atoms with E-state index < -0.39 is 21.7 Å². The number of rotatable bonds is 6. The average molecular weight is 529 g/mol. The lowest BCUT2D eigenvalue weighted by Crippen LogP contribution is -2.47. The number of hydrogen-bond donors (Lipinski definition) is 3. The van der Waals surface area contributed by atoms with Crippen molar-refractivity contribution in [3.8, 4) is 0 Å². The smallest absolute Gasteiger partial charge is 0.407 e. The highest BCUT2D eigenvalue weighted by molar-refractivity contribution is 7.89. The van der Waals surface area contributed by atoms with Gasteiger partial charge in [-0.25, -0.2) is 13.2 Å². The van der Waals surface area contributed by atoms with Crippen molar-refractivity contribution in [3.63, 3.8) is 0 Å². The number of aromatic nitrogens is 3. The van der Waals surface area contributed by atoms with Crippen LogP contribution in [0.4, 0.5) is 16.3 Å². The second-order valence-electron chi connectivity index (χ2n) is 9.93. The minimum atomic E-state index is -3.57. The minimum Gasteiger partial charge on any atom is -0.465 e. The maximum Gasteiger partial charge on any atom is 0.407 e. The molecule has 0 aliphatic carbocycles. The summed E-state index contributed by atoms with van der Waals surface area (Å²) >= 11 is 0. The molecule has 12 heteroatoms. The molecule has 2 fully saturated rings. The first-order valence-electron chi connectivity index (χ1n) is 12.6. The van der Waals surface area contributed by atoms with Crippen molar-refractivity contribution >= 4 is 38.5 Å². The monoisotopic (exact) mass is 528 g/mol. The normalized spacial score (nSPS) is 20.4. The van der Waals surface area contributed by atoms with E-state index in [9.17, 15) is 23.1 Å². The first-order valence-corrected chi connectivity index (χ1v) is 14.1. The number of nitrogens with one attached hydrogen (secondary N) is 2. The Labute approximate surface area is 215 Å². The Bertz CT molecular complexity index is 1470. The number of fused-ring (bicyclic) bond motifs is 1. The van der Waals surface area contributed by atoms with Crippen LogP contribution in [0.25, 0.3) is 10.9 Å². The highest BCUT2D eigenvalue weighted by Crippen LogP contribution is 2.37. The molecule has 1 aromatic carbocycles. The largest absolute Gasteiger partial charge is 0.465 e. The predicted octanol–water partition coefficient (Wildman–Crippen LogP) is 3.52. The van der Waals surface area contributed by atoms with Crippen molar-refractivity contribution < 1.29 is 18.3 Å². The molecule has 3 N–H and O–H groups in total. The van der Waals surface area contributed by atoms with Gasteiger partial charge in [-0.15, -0.1) is 0 Å². The summed E-state index contributed by atoms with van der Waals surface area (Å²) in [5.41, 5.74) is 0.554. The van der Waals surface area contributed by atoms with Gasteiger partial charge in [-0.2, -0.15) is 9.40 Å². The summed E-state index contributed by atoms with van der Waals surface area (Å²) < 4.78 is 29.5. The second-order valence-corrected chi connectivity index (χ2v) is 11.8. The SMILES string of the molecule is CCC1(n2nc(Nc3ccc(S(=O)(=O)N4CCCC4C)cc3)c3c(=O)[nH]ccc32)CCN(C(=O)O)CC1. The molecule has 4 heterocycles. The van der Waals surface area contributed by atoms with Crippen LogP contribution >= 0.6 is 0 Å². The number of H-pyrrole nitrogens is 1. The standard InChI is InChI=1S/C25H32N6O5S/c1-3-25(11-15-29(16-12-25)24(33)34)31-20-10-13-26-23(32)21(20)22(28-31)27-18-6-8-19(9-7-18)37(35,36)30-14-4-5-17(30)2/h6-10,13,17H,3-5,11-12,14-16H2,1-2H3,(H,26,32)(H,27,28)(H,33,34). The molecule has 2 aliphatic rings. The van der Waals surface area contributed by atoms with Crippen molar-refractivity contribution in [2.24, 2.45) is 0 Å². The lowest BCUT2D eigenvalue weighted by atomic mass is 9.85. The number of sulfonamides is 1. The zero-order valence-corrected chi connectivity index (χ0v) is 21.8. The van der Waals surface area contributed by atoms with Gasteiger partial charge in [0, 0.05) is 37.6 Å². The van der Waals surface area contributed by atoms with Gasteiger partial charge < -0.3 is 20.3 Å². The van der Waals surface area contributed by atoms with Crippen LogP contribution < -0.4 is 10.9 Å². The van der Waals surface area contributed by atoms with Crippen LogP contribution in [0, 0.1) is 0 Å². The fourth-order valence-electron chi connectivity index (χ4n) is 5.60. The van der Waals surface area contributed by atoms with Crippen molar-refractivity contribution in [1.82, 2.24) is 24.0 Å². The van der Waals surface area contributed by atoms with Crippen LogP contribution in [0.5, 0.6) is 0 Å². The van der Waals surface area contributed by atoms with Crippen LogP contribution in [-0.2, 0) is 15.6 Å². The molecule has 1 atom stereocenters. The van der Waals surface area contributed by atoms with E-state index in [-0.39, 0.29) is 16.5 Å². The van der Waals surface area contributed by atoms with Gasteiger partial charge in [0.25, 0.3) is 5.56 Å². The van der Waals surface area contributed by atoms with Crippen molar-refractivity contribution in [3.05, 3.63) is 46.9 Å². The molecule has 198 valence electrons. The quantitative estimate of drug-likeness (QED) is 0.445. The molecule has 1 unspecified atom stereocenters. The third-order valence-corrected chi connectivity index (χ3v) is 9.92. The number of likely N-dealkylation sites (tertiary alicyclic amines) is 1. The minimum absolute atomic E-state index is 0.0156. The van der Waals surface area contributed by atoms with Crippen molar-refractivity contribution in [2.45, 2.75) is 62.4 Å². The number of anilines is 2. The van der Waals surface area contributed by atoms with Crippen LogP contribution in [0.2, 0.25) is 0 Å². The molecule has 2 aliphatic heterocycles. The number of pyridine rings is 1. The summed E-state index contributed by atoms with van der Waals surface area (Å²) in [6.07, 6.45) is 4.26. The number of carbonyl (C=O) groups is 1. The van der Waals surface area contributed by atoms with Crippen molar-refractivity contribution in [2.75, 3.05) is 25.0 Å². The van der Waals surface area contributed by atoms with E-state index in [1.165, 1.54) is 4.90 Å². The van der Waals surface area contributed by atoms with Gasteiger partial charge in [-0.1, -0.05) is 6.92 Å². The van der Waals surface area contributed by atoms with E-state index in [4.69, 9.17) is 5.10 Å². The third kappa shape index (κ3) is 4.37. The van der Waals surface area contributed by atoms with Gasteiger partial charge in [-0.05, 0) is 69.4 Å². The Morgan fingerprint density at radius 3 is 2.49 bits per heavy atom. The first-order chi connectivity index (χ1) is 17.7. The summed E-state index contributed by atoms with van der Waals surface area (Å²) in [6.45, 7) is 5.28. The summed E-state index contributed by atoms with van der Waals surface area (Å²) in [5, 5.41) is 17.8. The van der Waals surface area contributed by atoms with Gasteiger partial charge in [0.2, 0.25) is 10.0 Å². The average Bonchev–Trinajstić information content (AvgIpc) is 3.49. The van der Waals surface area contributed by atoms with Gasteiger partial charge in [-0.3, -0.25) is 9.48 Å². The van der Waals surface area contributed by atoms with Crippen LogP contribution in [-0.4, -0.2) is 69.3 Å². The lowest BCUT2D eigenvalue weighted by molar-refractivity contribution is 0.0869. The Morgan fingerprint density at radius 1 is 1.19 bits per heavy atom. The van der Waals surface area contributed by atoms with Crippen LogP contribution in [0.3, 0.4) is 0 Å². The first kappa shape index (κ1) is 25.3. The van der Waals surface area contributed by atoms with Crippen LogP contribution in [0.1, 0.15) is 46.0 Å². The predicted molar refractivity (Wildman–Crippen MR) is 140 cm³/mol. The van der Waals surface area contributed by atoms with Gasteiger partial charge in [0.05, 0.1) is 16.0 Å². The molecule has 0 spiro atoms. The highest BCUT2D eigenvalue weighted by Gasteiger charge is 2.39. The molecule has 0 bridgehead atoms. The molecule has 3 aromatic rings. The van der Waals surface area contributed by atoms with Gasteiger partial charge in [0.15, 0.2) is 5.82 Å². The molecule has 0 radical (unpaired) electrons. The summed E-state index contributed by atoms with van der Waals surface area (Å²) in [7, 11) is -3.57. The molecular formula is C25H32N6O5S. The summed E-state index contributed by atoms with van der Waals surface area (Å²) in [5.74, 6) is 0.370. The Balaban J connectivity index is 1.47. The van der Waals surface area contributed by atoms with E-state index >= 15 is 0 Å². The molecule has 5 rings (SSSR count). The number of benzene rings is 1. The second kappa shape index (κ2) is 9.49. The number of hydrogen-bond acceptors (Lipinski definition) is 6. The Kier molecular flexibility index (Phi) is 6.48. The molecule has 2 aromatic heterocycles. The van der Waals surface area contributed by atoms with E-state index in [1.54, 1.807) is 34.8 Å². The zero-order valence-electron chi connectivity index (χ0n) is 21.0.